The number of aryl methyl sites for hydroxylation is 2. The van der Waals surface area contributed by atoms with E-state index in [0.29, 0.717) is 11.1 Å². The molecule has 1 heterocycles. The third-order valence-corrected chi connectivity index (χ3v) is 4.48. The number of halogens is 1. The average molecular weight is 320 g/mol. The molecular formula is C18H21FO2S. The van der Waals surface area contributed by atoms with Gasteiger partial charge >= 0.3 is 5.97 Å². The Hall–Kier alpha value is -1.94. The lowest BCUT2D eigenvalue weighted by atomic mass is 10.1. The first kappa shape index (κ1) is 18.1. The highest BCUT2D eigenvalue weighted by molar-refractivity contribution is 7.12. The van der Waals surface area contributed by atoms with Gasteiger partial charge in [0.2, 0.25) is 0 Å². The summed E-state index contributed by atoms with van der Waals surface area (Å²) in [5.74, 6) is -1.42. The van der Waals surface area contributed by atoms with E-state index in [1.54, 1.807) is 31.3 Å². The van der Waals surface area contributed by atoms with Crippen LogP contribution in [-0.2, 0) is 4.79 Å². The fraction of sp³-hybridized carbons (Fsp3) is 0.278. The molecule has 0 amide bonds. The third kappa shape index (κ3) is 5.11. The predicted molar refractivity (Wildman–Crippen MR) is 91.9 cm³/mol. The molecule has 0 aliphatic carbocycles. The summed E-state index contributed by atoms with van der Waals surface area (Å²) < 4.78 is 14.0. The number of carboxylic acid groups (broad SMARTS) is 1. The van der Waals surface area contributed by atoms with E-state index in [0.717, 1.165) is 11.6 Å². The van der Waals surface area contributed by atoms with Crippen molar-refractivity contribution < 1.29 is 14.3 Å². The van der Waals surface area contributed by atoms with E-state index in [1.165, 1.54) is 27.5 Å². The van der Waals surface area contributed by atoms with Gasteiger partial charge in [0.15, 0.2) is 0 Å². The van der Waals surface area contributed by atoms with E-state index in [-0.39, 0.29) is 5.83 Å². The van der Waals surface area contributed by atoms with Crippen LogP contribution in [-0.4, -0.2) is 11.1 Å². The molecule has 0 aliphatic rings. The largest absolute Gasteiger partial charge is 0.478 e. The van der Waals surface area contributed by atoms with Crippen LogP contribution in [0.2, 0.25) is 0 Å². The molecule has 0 spiro atoms. The van der Waals surface area contributed by atoms with Crippen molar-refractivity contribution in [2.45, 2.75) is 34.6 Å². The number of aliphatic carboxylic acids is 1. The predicted octanol–water partition coefficient (Wildman–Crippen LogP) is 5.52. The van der Waals surface area contributed by atoms with Crippen LogP contribution in [0.3, 0.4) is 0 Å². The minimum Gasteiger partial charge on any atom is -0.478 e. The molecule has 0 radical (unpaired) electrons. The van der Waals surface area contributed by atoms with Gasteiger partial charge in [-0.1, -0.05) is 18.2 Å². The van der Waals surface area contributed by atoms with Crippen molar-refractivity contribution in [3.8, 4) is 0 Å². The van der Waals surface area contributed by atoms with E-state index in [1.807, 2.05) is 6.08 Å². The topological polar surface area (TPSA) is 37.3 Å². The number of rotatable bonds is 5. The molecular weight excluding hydrogens is 299 g/mol. The molecule has 22 heavy (non-hydrogen) atoms. The molecule has 0 unspecified atom stereocenters. The van der Waals surface area contributed by atoms with Gasteiger partial charge in [0.1, 0.15) is 5.83 Å². The maximum absolute atomic E-state index is 14.0. The second kappa shape index (κ2) is 7.90. The number of allylic oxidation sites excluding steroid dienone is 6. The Balaban J connectivity index is 2.94. The van der Waals surface area contributed by atoms with Crippen LogP contribution in [0.15, 0.2) is 41.3 Å². The van der Waals surface area contributed by atoms with E-state index in [9.17, 15) is 9.18 Å². The summed E-state index contributed by atoms with van der Waals surface area (Å²) in [5.41, 5.74) is 3.35. The molecule has 0 saturated carbocycles. The second-order valence-corrected chi connectivity index (χ2v) is 6.61. The van der Waals surface area contributed by atoms with Crippen LogP contribution in [0, 0.1) is 20.8 Å². The lowest BCUT2D eigenvalue weighted by Gasteiger charge is -1.97. The van der Waals surface area contributed by atoms with E-state index in [4.69, 9.17) is 5.11 Å². The average Bonchev–Trinajstić information content (AvgIpc) is 2.66. The molecule has 0 atom stereocenters. The van der Waals surface area contributed by atoms with Gasteiger partial charge in [-0.15, -0.1) is 11.3 Å². The van der Waals surface area contributed by atoms with Gasteiger partial charge < -0.3 is 5.11 Å². The molecule has 0 aromatic carbocycles. The van der Waals surface area contributed by atoms with Crippen molar-refractivity contribution in [2.75, 3.05) is 0 Å². The summed E-state index contributed by atoms with van der Waals surface area (Å²) in [4.78, 5) is 13.0. The minimum atomic E-state index is -1.04. The first-order valence-corrected chi connectivity index (χ1v) is 7.74. The molecule has 1 N–H and O–H groups in total. The lowest BCUT2D eigenvalue weighted by Crippen LogP contribution is -1.88. The first-order valence-electron chi connectivity index (χ1n) is 6.92. The lowest BCUT2D eigenvalue weighted by molar-refractivity contribution is -0.131. The van der Waals surface area contributed by atoms with E-state index in [2.05, 4.69) is 20.8 Å². The van der Waals surface area contributed by atoms with Gasteiger partial charge in [-0.2, -0.15) is 0 Å². The van der Waals surface area contributed by atoms with E-state index >= 15 is 0 Å². The molecule has 1 aromatic rings. The van der Waals surface area contributed by atoms with Gasteiger partial charge in [-0.3, -0.25) is 0 Å². The highest BCUT2D eigenvalue weighted by atomic mass is 32.1. The highest BCUT2D eigenvalue weighted by Crippen LogP contribution is 2.28. The molecule has 118 valence electrons. The first-order chi connectivity index (χ1) is 10.2. The van der Waals surface area contributed by atoms with Crippen molar-refractivity contribution in [1.82, 2.24) is 0 Å². The fourth-order valence-corrected chi connectivity index (χ4v) is 2.98. The maximum Gasteiger partial charge on any atom is 0.328 e. The summed E-state index contributed by atoms with van der Waals surface area (Å²) in [6.07, 6.45) is 7.45. The van der Waals surface area contributed by atoms with Gasteiger partial charge in [0.25, 0.3) is 0 Å². The van der Waals surface area contributed by atoms with Crippen molar-refractivity contribution in [3.05, 3.63) is 62.2 Å². The summed E-state index contributed by atoms with van der Waals surface area (Å²) in [7, 11) is 0. The standard InChI is InChI=1S/C18H21FO2S/c1-11(10-18(20)21)6-9-17(19)12(2)7-8-16-13(3)14(4)22-15(16)5/h6-10H,1-5H3,(H,20,21). The Morgan fingerprint density at radius 1 is 1.09 bits per heavy atom. The van der Waals surface area contributed by atoms with Gasteiger partial charge in [0, 0.05) is 15.8 Å². The molecule has 0 aliphatic heterocycles. The van der Waals surface area contributed by atoms with Crippen molar-refractivity contribution in [3.63, 3.8) is 0 Å². The quantitative estimate of drug-likeness (QED) is 0.573. The Kier molecular flexibility index (Phi) is 6.50. The minimum absolute atomic E-state index is 0.378. The van der Waals surface area contributed by atoms with E-state index < -0.39 is 5.97 Å². The van der Waals surface area contributed by atoms with Crippen LogP contribution in [0.25, 0.3) is 6.08 Å². The molecule has 0 fully saturated rings. The molecule has 1 aromatic heterocycles. The van der Waals surface area contributed by atoms with Crippen LogP contribution in [0.1, 0.15) is 34.7 Å². The summed E-state index contributed by atoms with van der Waals surface area (Å²) >= 11 is 1.74. The molecule has 2 nitrogen and oxygen atoms in total. The highest BCUT2D eigenvalue weighted by Gasteiger charge is 2.06. The number of carbonyl (C=O) groups is 1. The summed E-state index contributed by atoms with van der Waals surface area (Å²) in [5, 5.41) is 8.60. The second-order valence-electron chi connectivity index (χ2n) is 5.18. The van der Waals surface area contributed by atoms with Gasteiger partial charge in [-0.05, 0) is 63.0 Å². The monoisotopic (exact) mass is 320 g/mol. The zero-order valence-corrected chi connectivity index (χ0v) is 14.3. The molecule has 0 bridgehead atoms. The Morgan fingerprint density at radius 2 is 1.73 bits per heavy atom. The molecule has 4 heteroatoms. The number of hydrogen-bond donors (Lipinski definition) is 1. The van der Waals surface area contributed by atoms with Crippen LogP contribution in [0.5, 0.6) is 0 Å². The Morgan fingerprint density at radius 3 is 2.23 bits per heavy atom. The Bertz CT molecular complexity index is 688. The van der Waals surface area contributed by atoms with Crippen LogP contribution >= 0.6 is 11.3 Å². The van der Waals surface area contributed by atoms with Gasteiger partial charge in [-0.25, -0.2) is 9.18 Å². The Labute approximate surface area is 135 Å². The van der Waals surface area contributed by atoms with Crippen LogP contribution in [0.4, 0.5) is 4.39 Å². The van der Waals surface area contributed by atoms with Crippen LogP contribution < -0.4 is 0 Å². The molecule has 1 rings (SSSR count). The summed E-state index contributed by atoms with van der Waals surface area (Å²) in [6.45, 7) is 9.50. The zero-order chi connectivity index (χ0) is 16.9. The third-order valence-electron chi connectivity index (χ3n) is 3.34. The smallest absolute Gasteiger partial charge is 0.328 e. The maximum atomic E-state index is 14.0. The number of carboxylic acids is 1. The van der Waals surface area contributed by atoms with Crippen molar-refractivity contribution >= 4 is 23.4 Å². The van der Waals surface area contributed by atoms with Gasteiger partial charge in [0.05, 0.1) is 0 Å². The summed E-state index contributed by atoms with van der Waals surface area (Å²) in [6, 6.07) is 0. The number of hydrogen-bond acceptors (Lipinski definition) is 2. The fourth-order valence-electron chi connectivity index (χ4n) is 1.92. The van der Waals surface area contributed by atoms with Crippen molar-refractivity contribution in [2.24, 2.45) is 0 Å². The molecule has 0 saturated heterocycles. The SMILES string of the molecule is CC(C=CC(F)=C(C)C=Cc1c(C)sc(C)c1C)=CC(=O)O. The van der Waals surface area contributed by atoms with Crippen molar-refractivity contribution in [1.29, 1.82) is 0 Å². The normalized spacial score (nSPS) is 14.0. The zero-order valence-electron chi connectivity index (χ0n) is 13.5. The number of thiophene rings is 1.